The molecule has 0 N–H and O–H groups in total. The van der Waals surface area contributed by atoms with E-state index in [0.29, 0.717) is 0 Å². The van der Waals surface area contributed by atoms with Gasteiger partial charge in [0.2, 0.25) is 0 Å². The molecule has 0 saturated carbocycles. The summed E-state index contributed by atoms with van der Waals surface area (Å²) < 4.78 is 0. The van der Waals surface area contributed by atoms with Crippen molar-refractivity contribution in [3.05, 3.63) is 78.9 Å². The Bertz CT molecular complexity index is 1390. The van der Waals surface area contributed by atoms with Crippen LogP contribution in [0.3, 0.4) is 0 Å². The number of amides is 2. The van der Waals surface area contributed by atoms with Gasteiger partial charge in [0.05, 0.1) is 5.69 Å². The fraction of sp³-hybridized carbons (Fsp3) is 0.148. The van der Waals surface area contributed by atoms with E-state index in [-0.39, 0.29) is 6.03 Å². The van der Waals surface area contributed by atoms with Crippen molar-refractivity contribution in [1.29, 1.82) is 0 Å². The van der Waals surface area contributed by atoms with Crippen LogP contribution in [-0.4, -0.2) is 34.2 Å². The highest BCUT2D eigenvalue weighted by Gasteiger charge is 2.20. The van der Waals surface area contributed by atoms with Gasteiger partial charge in [-0.3, -0.25) is 9.80 Å². The Morgan fingerprint density at radius 1 is 0.581 bits per heavy atom. The van der Waals surface area contributed by atoms with Crippen molar-refractivity contribution in [2.45, 2.75) is 0 Å². The molecule has 4 heteroatoms. The van der Waals surface area contributed by atoms with Gasteiger partial charge in [0, 0.05) is 45.0 Å². The molecule has 0 unspecified atom stereocenters. The molecule has 0 aliphatic rings. The van der Waals surface area contributed by atoms with Gasteiger partial charge in [0.1, 0.15) is 0 Å². The van der Waals surface area contributed by atoms with E-state index in [1.54, 1.807) is 9.80 Å². The second-order valence-corrected chi connectivity index (χ2v) is 8.25. The summed E-state index contributed by atoms with van der Waals surface area (Å²) in [5, 5.41) is 7.20. The highest BCUT2D eigenvalue weighted by atomic mass is 16.2. The Balaban J connectivity index is 1.57. The zero-order chi connectivity index (χ0) is 21.7. The van der Waals surface area contributed by atoms with Crippen molar-refractivity contribution in [3.8, 4) is 0 Å². The molecular formula is C27H25N3O. The van der Waals surface area contributed by atoms with Crippen LogP contribution in [0.4, 0.5) is 21.9 Å². The lowest BCUT2D eigenvalue weighted by atomic mass is 9.93. The first-order chi connectivity index (χ1) is 15.0. The number of urea groups is 1. The van der Waals surface area contributed by atoms with Crippen LogP contribution in [-0.2, 0) is 0 Å². The van der Waals surface area contributed by atoms with Crippen LogP contribution in [0.5, 0.6) is 0 Å². The maximum absolute atomic E-state index is 13.4. The second kappa shape index (κ2) is 7.17. The molecule has 2 amide bonds. The molecule has 0 saturated heterocycles. The first-order valence-corrected chi connectivity index (χ1v) is 10.4. The molecule has 5 aromatic carbocycles. The van der Waals surface area contributed by atoms with E-state index >= 15 is 0 Å². The molecule has 5 aromatic rings. The summed E-state index contributed by atoms with van der Waals surface area (Å²) in [7, 11) is 7.68. The van der Waals surface area contributed by atoms with Crippen LogP contribution >= 0.6 is 0 Å². The van der Waals surface area contributed by atoms with Crippen molar-refractivity contribution in [2.24, 2.45) is 0 Å². The Kier molecular flexibility index (Phi) is 4.44. The standard InChI is InChI=1S/C27H25N3O/c1-28(2)21-12-14-22(15-13-21)29(3)27(31)30(4)24-17-11-20-9-8-18-6-5-7-19-10-16-23(24)26(20)25(18)19/h5-17H,1-4H3. The lowest BCUT2D eigenvalue weighted by Gasteiger charge is -2.27. The molecule has 0 aliphatic heterocycles. The number of anilines is 3. The van der Waals surface area contributed by atoms with Gasteiger partial charge in [-0.2, -0.15) is 0 Å². The number of hydrogen-bond donors (Lipinski definition) is 0. The van der Waals surface area contributed by atoms with E-state index < -0.39 is 0 Å². The van der Waals surface area contributed by atoms with E-state index in [1.807, 2.05) is 63.4 Å². The smallest absolute Gasteiger partial charge is 0.328 e. The number of carbonyl (C=O) groups is 1. The number of hydrogen-bond acceptors (Lipinski definition) is 2. The maximum atomic E-state index is 13.4. The van der Waals surface area contributed by atoms with E-state index in [9.17, 15) is 4.79 Å². The summed E-state index contributed by atoms with van der Waals surface area (Å²) in [5.41, 5.74) is 2.87. The Morgan fingerprint density at radius 3 is 1.77 bits per heavy atom. The average Bonchev–Trinajstić information content (AvgIpc) is 2.81. The molecule has 0 aliphatic carbocycles. The first kappa shape index (κ1) is 19.2. The lowest BCUT2D eigenvalue weighted by molar-refractivity contribution is 0.253. The Morgan fingerprint density at radius 2 is 1.13 bits per heavy atom. The van der Waals surface area contributed by atoms with Crippen LogP contribution in [0.2, 0.25) is 0 Å². The third-order valence-electron chi connectivity index (χ3n) is 6.19. The number of nitrogens with zero attached hydrogens (tertiary/aromatic N) is 3. The number of carbonyl (C=O) groups excluding carboxylic acids is 1. The molecule has 0 aromatic heterocycles. The van der Waals surface area contributed by atoms with Crippen LogP contribution in [0.1, 0.15) is 0 Å². The number of benzene rings is 5. The molecule has 154 valence electrons. The molecule has 0 fully saturated rings. The summed E-state index contributed by atoms with van der Waals surface area (Å²) in [6, 6.07) is 27.1. The van der Waals surface area contributed by atoms with Gasteiger partial charge in [-0.15, -0.1) is 0 Å². The van der Waals surface area contributed by atoms with E-state index in [0.717, 1.165) is 22.4 Å². The highest BCUT2D eigenvalue weighted by Crippen LogP contribution is 2.38. The lowest BCUT2D eigenvalue weighted by Crippen LogP contribution is -2.39. The van der Waals surface area contributed by atoms with Gasteiger partial charge in [0.15, 0.2) is 0 Å². The van der Waals surface area contributed by atoms with E-state index in [2.05, 4.69) is 48.5 Å². The van der Waals surface area contributed by atoms with Crippen molar-refractivity contribution >= 4 is 55.4 Å². The predicted octanol–water partition coefficient (Wildman–Crippen LogP) is 6.34. The summed E-state index contributed by atoms with van der Waals surface area (Å²) in [6.45, 7) is 0. The van der Waals surface area contributed by atoms with Gasteiger partial charge in [0.25, 0.3) is 0 Å². The molecule has 0 spiro atoms. The predicted molar refractivity (Wildman–Crippen MR) is 133 cm³/mol. The van der Waals surface area contributed by atoms with Crippen molar-refractivity contribution in [1.82, 2.24) is 0 Å². The van der Waals surface area contributed by atoms with E-state index in [1.165, 1.54) is 26.9 Å². The topological polar surface area (TPSA) is 26.8 Å². The minimum absolute atomic E-state index is 0.0763. The normalized spacial score (nSPS) is 11.4. The fourth-order valence-corrected chi connectivity index (χ4v) is 4.43. The molecule has 0 heterocycles. The van der Waals surface area contributed by atoms with Crippen molar-refractivity contribution < 1.29 is 4.79 Å². The zero-order valence-electron chi connectivity index (χ0n) is 18.3. The van der Waals surface area contributed by atoms with Crippen LogP contribution in [0.15, 0.2) is 78.9 Å². The van der Waals surface area contributed by atoms with Gasteiger partial charge in [-0.05, 0) is 57.3 Å². The quantitative estimate of drug-likeness (QED) is 0.326. The highest BCUT2D eigenvalue weighted by molar-refractivity contribution is 6.26. The number of rotatable bonds is 3. The molecule has 4 nitrogen and oxygen atoms in total. The van der Waals surface area contributed by atoms with Crippen LogP contribution < -0.4 is 14.7 Å². The van der Waals surface area contributed by atoms with Crippen LogP contribution in [0, 0.1) is 0 Å². The summed E-state index contributed by atoms with van der Waals surface area (Å²) in [4.78, 5) is 18.8. The Hall–Kier alpha value is -3.79. The molecule has 0 radical (unpaired) electrons. The fourth-order valence-electron chi connectivity index (χ4n) is 4.43. The molecule has 0 atom stereocenters. The van der Waals surface area contributed by atoms with Gasteiger partial charge >= 0.3 is 6.03 Å². The Labute approximate surface area is 182 Å². The SMILES string of the molecule is CN(C)c1ccc(N(C)C(=O)N(C)c2ccc3ccc4cccc5ccc2c3c45)cc1. The van der Waals surface area contributed by atoms with Crippen LogP contribution in [0.25, 0.3) is 32.3 Å². The summed E-state index contributed by atoms with van der Waals surface area (Å²) >= 11 is 0. The summed E-state index contributed by atoms with van der Waals surface area (Å²) in [5.74, 6) is 0. The third-order valence-corrected chi connectivity index (χ3v) is 6.19. The minimum atomic E-state index is -0.0763. The monoisotopic (exact) mass is 407 g/mol. The average molecular weight is 408 g/mol. The second-order valence-electron chi connectivity index (χ2n) is 8.25. The minimum Gasteiger partial charge on any atom is -0.378 e. The van der Waals surface area contributed by atoms with Crippen molar-refractivity contribution in [3.63, 3.8) is 0 Å². The maximum Gasteiger partial charge on any atom is 0.328 e. The van der Waals surface area contributed by atoms with Gasteiger partial charge in [-0.1, -0.05) is 48.5 Å². The first-order valence-electron chi connectivity index (χ1n) is 10.4. The van der Waals surface area contributed by atoms with E-state index in [4.69, 9.17) is 0 Å². The van der Waals surface area contributed by atoms with Crippen molar-refractivity contribution in [2.75, 3.05) is 42.9 Å². The molecule has 0 bridgehead atoms. The molecule has 5 rings (SSSR count). The van der Waals surface area contributed by atoms with Gasteiger partial charge < -0.3 is 4.90 Å². The van der Waals surface area contributed by atoms with Gasteiger partial charge in [-0.25, -0.2) is 4.79 Å². The molecular weight excluding hydrogens is 382 g/mol. The third kappa shape index (κ3) is 3.03. The largest absolute Gasteiger partial charge is 0.378 e. The zero-order valence-corrected chi connectivity index (χ0v) is 18.3. The summed E-state index contributed by atoms with van der Waals surface area (Å²) in [6.07, 6.45) is 0. The molecule has 31 heavy (non-hydrogen) atoms.